The van der Waals surface area contributed by atoms with Gasteiger partial charge in [0, 0.05) is 31.6 Å². The summed E-state index contributed by atoms with van der Waals surface area (Å²) in [6, 6.07) is 22.1. The van der Waals surface area contributed by atoms with E-state index in [9.17, 15) is 14.7 Å². The molecule has 2 N–H and O–H groups in total. The van der Waals surface area contributed by atoms with Crippen molar-refractivity contribution in [2.75, 3.05) is 20.2 Å². The molecule has 0 aliphatic carbocycles. The predicted octanol–water partition coefficient (Wildman–Crippen LogP) is 5.23. The number of likely N-dealkylation sites (tertiary alicyclic amines) is 1. The lowest BCUT2D eigenvalue weighted by Crippen LogP contribution is -2.40. The number of benzene rings is 3. The normalized spacial score (nSPS) is 18.2. The van der Waals surface area contributed by atoms with Gasteiger partial charge in [0.25, 0.3) is 5.91 Å². The Morgan fingerprint density at radius 3 is 2.66 bits per heavy atom. The Balaban J connectivity index is 1.38. The lowest BCUT2D eigenvalue weighted by atomic mass is 9.93. The number of phenols is 1. The van der Waals surface area contributed by atoms with Crippen molar-refractivity contribution in [2.45, 2.75) is 31.7 Å². The van der Waals surface area contributed by atoms with Crippen molar-refractivity contribution in [3.05, 3.63) is 101 Å². The van der Waals surface area contributed by atoms with Crippen LogP contribution >= 0.6 is 0 Å². The van der Waals surface area contributed by atoms with Gasteiger partial charge in [-0.05, 0) is 65.9 Å². The maximum Gasteiger partial charge on any atom is 0.256 e. The molecule has 8 nitrogen and oxygen atoms in total. The van der Waals surface area contributed by atoms with Crippen molar-refractivity contribution >= 4 is 11.8 Å². The summed E-state index contributed by atoms with van der Waals surface area (Å²) in [5.74, 6) is 0.836. The molecule has 6 rings (SSSR count). The predicted molar refractivity (Wildman–Crippen MR) is 154 cm³/mol. The molecule has 2 aliphatic rings. The van der Waals surface area contributed by atoms with Crippen LogP contribution < -0.4 is 14.8 Å². The van der Waals surface area contributed by atoms with Crippen LogP contribution in [0, 0.1) is 6.92 Å². The molecule has 41 heavy (non-hydrogen) atoms. The van der Waals surface area contributed by atoms with E-state index in [1.807, 2.05) is 61.5 Å². The minimum absolute atomic E-state index is 0.00268. The minimum atomic E-state index is -0.304. The number of aryl methyl sites for hydroxylation is 2. The number of pyridine rings is 1. The maximum atomic E-state index is 14.1. The zero-order chi connectivity index (χ0) is 28.5. The number of hydrogen-bond donors (Lipinski definition) is 2. The van der Waals surface area contributed by atoms with Gasteiger partial charge in [0.1, 0.15) is 0 Å². The van der Waals surface area contributed by atoms with Crippen molar-refractivity contribution in [1.82, 2.24) is 15.2 Å². The van der Waals surface area contributed by atoms with Crippen molar-refractivity contribution < 1.29 is 24.2 Å². The summed E-state index contributed by atoms with van der Waals surface area (Å²) in [5.41, 5.74) is 4.75. The quantitative estimate of drug-likeness (QED) is 0.363. The van der Waals surface area contributed by atoms with Crippen molar-refractivity contribution in [3.63, 3.8) is 0 Å². The van der Waals surface area contributed by atoms with E-state index >= 15 is 0 Å². The smallest absolute Gasteiger partial charge is 0.256 e. The van der Waals surface area contributed by atoms with E-state index in [4.69, 9.17) is 9.47 Å². The molecule has 1 fully saturated rings. The molecule has 0 radical (unpaired) electrons. The Labute approximate surface area is 238 Å². The van der Waals surface area contributed by atoms with Gasteiger partial charge in [-0.1, -0.05) is 42.5 Å². The number of phenolic OH excluding ortho intramolecular Hbond substituents is 1. The Morgan fingerprint density at radius 1 is 1.02 bits per heavy atom. The summed E-state index contributed by atoms with van der Waals surface area (Å²) in [6.07, 6.45) is 2.47. The Morgan fingerprint density at radius 2 is 1.85 bits per heavy atom. The summed E-state index contributed by atoms with van der Waals surface area (Å²) in [6.45, 7) is 2.60. The van der Waals surface area contributed by atoms with Crippen LogP contribution in [0.4, 0.5) is 0 Å². The molecule has 8 heteroatoms. The second-order valence-electron chi connectivity index (χ2n) is 10.5. The van der Waals surface area contributed by atoms with Crippen LogP contribution in [0.2, 0.25) is 0 Å². The van der Waals surface area contributed by atoms with E-state index in [-0.39, 0.29) is 41.7 Å². The van der Waals surface area contributed by atoms with E-state index in [2.05, 4.69) is 10.3 Å². The van der Waals surface area contributed by atoms with Crippen LogP contribution in [0.15, 0.2) is 79.0 Å². The summed E-state index contributed by atoms with van der Waals surface area (Å²) in [7, 11) is 1.56. The number of rotatable bonds is 3. The van der Waals surface area contributed by atoms with Crippen LogP contribution in [0.3, 0.4) is 0 Å². The molecule has 208 valence electrons. The van der Waals surface area contributed by atoms with Gasteiger partial charge in [-0.15, -0.1) is 0 Å². The first-order valence-electron chi connectivity index (χ1n) is 13.7. The number of aromatic nitrogens is 1. The Hall–Kier alpha value is -4.85. The first-order valence-corrected chi connectivity index (χ1v) is 13.7. The van der Waals surface area contributed by atoms with Crippen LogP contribution in [0.25, 0.3) is 11.1 Å². The van der Waals surface area contributed by atoms with Gasteiger partial charge in [-0.25, -0.2) is 0 Å². The van der Waals surface area contributed by atoms with E-state index in [1.165, 1.54) is 0 Å². The fourth-order valence-electron chi connectivity index (χ4n) is 5.76. The fraction of sp³-hybridized carbons (Fsp3) is 0.242. The van der Waals surface area contributed by atoms with Gasteiger partial charge in [0.15, 0.2) is 23.0 Å². The summed E-state index contributed by atoms with van der Waals surface area (Å²) < 4.78 is 11.7. The molecule has 1 aromatic heterocycles. The molecule has 0 saturated carbocycles. The highest BCUT2D eigenvalue weighted by molar-refractivity contribution is 6.02. The third kappa shape index (κ3) is 5.20. The molecule has 0 unspecified atom stereocenters. The second-order valence-corrected chi connectivity index (χ2v) is 10.5. The highest BCUT2D eigenvalue weighted by Gasteiger charge is 2.39. The standard InChI is InChI=1S/C33H31N3O5/c1-20-32(24(14-15-34-20)22-6-4-3-5-7-22)33(39)36-18-25-23-10-12-28(40-2)30(17-23)41-29-16-21(8-11-27(29)37)9-13-31(38)35-26(25)19-36/h3-8,10-12,14-17,25-26,37H,9,13,18-19H2,1-2H3,(H,35,38)/t25-,26+/m0/s1. The van der Waals surface area contributed by atoms with Gasteiger partial charge < -0.3 is 24.8 Å². The molecule has 3 heterocycles. The molecule has 4 aromatic rings. The number of ether oxygens (including phenoxy) is 2. The summed E-state index contributed by atoms with van der Waals surface area (Å²) >= 11 is 0. The van der Waals surface area contributed by atoms with Crippen LogP contribution in [0.5, 0.6) is 23.0 Å². The number of carbonyl (C=O) groups is 2. The highest BCUT2D eigenvalue weighted by atomic mass is 16.5. The monoisotopic (exact) mass is 549 g/mol. The molecule has 2 atom stereocenters. The number of nitrogens with one attached hydrogen (secondary N) is 1. The number of fused-ring (bicyclic) bond motifs is 6. The van der Waals surface area contributed by atoms with Gasteiger partial charge in [-0.3, -0.25) is 14.6 Å². The lowest BCUT2D eigenvalue weighted by Gasteiger charge is -2.21. The molecule has 4 bridgehead atoms. The Kier molecular flexibility index (Phi) is 7.05. The molecule has 2 amide bonds. The minimum Gasteiger partial charge on any atom is -0.504 e. The number of nitrogens with zero attached hydrogens (tertiary/aromatic N) is 2. The zero-order valence-electron chi connectivity index (χ0n) is 23.0. The zero-order valence-corrected chi connectivity index (χ0v) is 23.0. The highest BCUT2D eigenvalue weighted by Crippen LogP contribution is 2.40. The van der Waals surface area contributed by atoms with E-state index < -0.39 is 0 Å². The fourth-order valence-corrected chi connectivity index (χ4v) is 5.76. The SMILES string of the molecule is COc1ccc2cc1Oc1cc(ccc1O)CCC(=O)N[C@@H]1CN(C(=O)c3c(-c4ccccc4)ccnc3C)C[C@@H]21. The Bertz CT molecular complexity index is 1620. The maximum absolute atomic E-state index is 14.1. The third-order valence-electron chi connectivity index (χ3n) is 7.89. The first-order chi connectivity index (χ1) is 19.9. The van der Waals surface area contributed by atoms with Gasteiger partial charge in [-0.2, -0.15) is 0 Å². The van der Waals surface area contributed by atoms with Crippen LogP contribution in [-0.4, -0.2) is 53.0 Å². The molecule has 2 aliphatic heterocycles. The van der Waals surface area contributed by atoms with E-state index in [0.29, 0.717) is 42.3 Å². The van der Waals surface area contributed by atoms with Crippen LogP contribution in [0.1, 0.15) is 39.5 Å². The topological polar surface area (TPSA) is 101 Å². The van der Waals surface area contributed by atoms with E-state index in [0.717, 1.165) is 22.3 Å². The van der Waals surface area contributed by atoms with Gasteiger partial charge in [0.05, 0.1) is 24.4 Å². The van der Waals surface area contributed by atoms with Crippen molar-refractivity contribution in [1.29, 1.82) is 0 Å². The molecule has 0 spiro atoms. The number of hydrogen-bond acceptors (Lipinski definition) is 6. The first kappa shape index (κ1) is 26.4. The number of methoxy groups -OCH3 is 1. The van der Waals surface area contributed by atoms with Crippen molar-refractivity contribution in [2.24, 2.45) is 0 Å². The number of carbonyl (C=O) groups excluding carboxylic acids is 2. The average molecular weight is 550 g/mol. The van der Waals surface area contributed by atoms with Gasteiger partial charge in [0.2, 0.25) is 5.91 Å². The molecule has 3 aromatic carbocycles. The summed E-state index contributed by atoms with van der Waals surface area (Å²) in [4.78, 5) is 33.5. The molecular weight excluding hydrogens is 518 g/mol. The summed E-state index contributed by atoms with van der Waals surface area (Å²) in [5, 5.41) is 13.7. The lowest BCUT2D eigenvalue weighted by molar-refractivity contribution is -0.121. The number of aromatic hydroxyl groups is 1. The molecular formula is C33H31N3O5. The largest absolute Gasteiger partial charge is 0.504 e. The average Bonchev–Trinajstić information content (AvgIpc) is 3.40. The molecule has 1 saturated heterocycles. The van der Waals surface area contributed by atoms with Crippen LogP contribution in [-0.2, 0) is 11.2 Å². The van der Waals surface area contributed by atoms with Gasteiger partial charge >= 0.3 is 0 Å². The van der Waals surface area contributed by atoms with Crippen molar-refractivity contribution in [3.8, 4) is 34.1 Å². The number of amides is 2. The van der Waals surface area contributed by atoms with E-state index in [1.54, 1.807) is 36.4 Å². The third-order valence-corrected chi connectivity index (χ3v) is 7.89. The second kappa shape index (κ2) is 11.0.